The van der Waals surface area contributed by atoms with Gasteiger partial charge in [0, 0.05) is 23.9 Å². The maximum Gasteiger partial charge on any atom is 0.232 e. The van der Waals surface area contributed by atoms with Crippen LogP contribution in [-0.2, 0) is 13.8 Å². The number of hydrogen-bond donors (Lipinski definition) is 0. The van der Waals surface area contributed by atoms with Gasteiger partial charge in [-0.05, 0) is 19.3 Å². The molecule has 3 nitrogen and oxygen atoms in total. The van der Waals surface area contributed by atoms with Crippen molar-refractivity contribution >= 4 is 19.7 Å². The number of unbranched alkanes of at least 4 members (excludes halogenated alkanes) is 8. The minimum Gasteiger partial charge on any atom is -0.381 e. The Kier molecular flexibility index (Phi) is 13.3. The second-order valence-corrected chi connectivity index (χ2v) is 7.93. The van der Waals surface area contributed by atoms with Crippen LogP contribution in [0.4, 0.5) is 0 Å². The average molecular weight is 313 g/mol. The Bertz CT molecular complexity index is 278. The molecule has 19 heavy (non-hydrogen) atoms. The standard InChI is InChI=1S/C14H29ClO3S/c1-2-3-4-5-6-9-12-18-13-10-7-8-11-14-19(15,16)17/h2-14H2,1H3. The van der Waals surface area contributed by atoms with Gasteiger partial charge in [0.1, 0.15) is 0 Å². The van der Waals surface area contributed by atoms with Crippen molar-refractivity contribution < 1.29 is 13.2 Å². The maximum atomic E-state index is 10.7. The van der Waals surface area contributed by atoms with Gasteiger partial charge in [0.05, 0.1) is 5.75 Å². The number of halogens is 1. The van der Waals surface area contributed by atoms with E-state index in [0.29, 0.717) is 6.42 Å². The van der Waals surface area contributed by atoms with E-state index in [-0.39, 0.29) is 5.75 Å². The number of rotatable bonds is 14. The van der Waals surface area contributed by atoms with E-state index in [1.54, 1.807) is 0 Å². The molecular weight excluding hydrogens is 284 g/mol. The highest BCUT2D eigenvalue weighted by Gasteiger charge is 2.03. The van der Waals surface area contributed by atoms with Gasteiger partial charge in [-0.2, -0.15) is 0 Å². The Labute approximate surface area is 123 Å². The Balaban J connectivity index is 3.03. The average Bonchev–Trinajstić information content (AvgIpc) is 2.34. The normalized spacial score (nSPS) is 11.9. The SMILES string of the molecule is CCCCCCCCOCCCCCCS(=O)(=O)Cl. The van der Waals surface area contributed by atoms with E-state index in [9.17, 15) is 8.42 Å². The highest BCUT2D eigenvalue weighted by Crippen LogP contribution is 2.07. The maximum absolute atomic E-state index is 10.7. The zero-order valence-electron chi connectivity index (χ0n) is 12.2. The summed E-state index contributed by atoms with van der Waals surface area (Å²) in [5.74, 6) is 0.0904. The van der Waals surface area contributed by atoms with Gasteiger partial charge in [-0.1, -0.05) is 51.9 Å². The quantitative estimate of drug-likeness (QED) is 0.350. The van der Waals surface area contributed by atoms with E-state index in [1.165, 1.54) is 32.1 Å². The summed E-state index contributed by atoms with van der Waals surface area (Å²) in [5, 5.41) is 0. The molecule has 116 valence electrons. The van der Waals surface area contributed by atoms with Crippen LogP contribution in [0.3, 0.4) is 0 Å². The lowest BCUT2D eigenvalue weighted by molar-refractivity contribution is 0.126. The van der Waals surface area contributed by atoms with Crippen LogP contribution >= 0.6 is 10.7 Å². The van der Waals surface area contributed by atoms with Gasteiger partial charge in [-0.3, -0.25) is 0 Å². The molecular formula is C14H29ClO3S. The van der Waals surface area contributed by atoms with Crippen LogP contribution in [0.25, 0.3) is 0 Å². The highest BCUT2D eigenvalue weighted by molar-refractivity contribution is 8.13. The monoisotopic (exact) mass is 312 g/mol. The third kappa shape index (κ3) is 18.2. The highest BCUT2D eigenvalue weighted by atomic mass is 35.7. The number of hydrogen-bond acceptors (Lipinski definition) is 3. The molecule has 0 amide bonds. The van der Waals surface area contributed by atoms with Gasteiger partial charge in [0.25, 0.3) is 0 Å². The molecule has 0 N–H and O–H groups in total. The van der Waals surface area contributed by atoms with E-state index in [4.69, 9.17) is 15.4 Å². The predicted octanol–water partition coefficient (Wildman–Crippen LogP) is 4.49. The molecule has 0 rings (SSSR count). The fourth-order valence-corrected chi connectivity index (χ4v) is 2.79. The van der Waals surface area contributed by atoms with Crippen LogP contribution in [0.1, 0.15) is 71.1 Å². The summed E-state index contributed by atoms with van der Waals surface area (Å²) >= 11 is 0. The lowest BCUT2D eigenvalue weighted by Gasteiger charge is -2.04. The first-order valence-corrected chi connectivity index (χ1v) is 10.0. The third-order valence-electron chi connectivity index (χ3n) is 3.07. The van der Waals surface area contributed by atoms with Gasteiger partial charge < -0.3 is 4.74 Å². The largest absolute Gasteiger partial charge is 0.381 e. The van der Waals surface area contributed by atoms with Crippen molar-refractivity contribution in [2.24, 2.45) is 0 Å². The second-order valence-electron chi connectivity index (χ2n) is 5.04. The van der Waals surface area contributed by atoms with Crippen LogP contribution < -0.4 is 0 Å². The van der Waals surface area contributed by atoms with Gasteiger partial charge >= 0.3 is 0 Å². The van der Waals surface area contributed by atoms with Gasteiger partial charge in [0.2, 0.25) is 9.05 Å². The van der Waals surface area contributed by atoms with Gasteiger partial charge in [-0.15, -0.1) is 0 Å². The van der Waals surface area contributed by atoms with Crippen LogP contribution in [0.2, 0.25) is 0 Å². The summed E-state index contributed by atoms with van der Waals surface area (Å²) < 4.78 is 26.9. The molecule has 0 fully saturated rings. The molecule has 0 aromatic rings. The summed E-state index contributed by atoms with van der Waals surface area (Å²) in [4.78, 5) is 0. The second kappa shape index (κ2) is 13.2. The van der Waals surface area contributed by atoms with Crippen molar-refractivity contribution in [3.63, 3.8) is 0 Å². The molecule has 0 aromatic heterocycles. The first-order valence-electron chi connectivity index (χ1n) is 7.56. The molecule has 0 atom stereocenters. The van der Waals surface area contributed by atoms with Crippen LogP contribution in [0.15, 0.2) is 0 Å². The fraction of sp³-hybridized carbons (Fsp3) is 1.00. The molecule has 0 bridgehead atoms. The molecule has 0 unspecified atom stereocenters. The minimum atomic E-state index is -3.30. The molecule has 0 spiro atoms. The van der Waals surface area contributed by atoms with Crippen LogP contribution in [-0.4, -0.2) is 27.4 Å². The third-order valence-corrected chi connectivity index (χ3v) is 4.31. The molecule has 0 saturated heterocycles. The summed E-state index contributed by atoms with van der Waals surface area (Å²) in [6.45, 7) is 3.89. The van der Waals surface area contributed by atoms with Crippen molar-refractivity contribution in [1.29, 1.82) is 0 Å². The molecule has 0 radical (unpaired) electrons. The van der Waals surface area contributed by atoms with Crippen LogP contribution in [0.5, 0.6) is 0 Å². The first-order chi connectivity index (χ1) is 9.06. The van der Waals surface area contributed by atoms with E-state index >= 15 is 0 Å². The summed E-state index contributed by atoms with van der Waals surface area (Å²) in [6.07, 6.45) is 11.3. The smallest absolute Gasteiger partial charge is 0.232 e. The van der Waals surface area contributed by atoms with E-state index in [1.807, 2.05) is 0 Å². The van der Waals surface area contributed by atoms with Crippen LogP contribution in [0, 0.1) is 0 Å². The fourth-order valence-electron chi connectivity index (χ4n) is 1.92. The Hall–Kier alpha value is 0.200. The minimum absolute atomic E-state index is 0.0904. The molecule has 0 heterocycles. The molecule has 0 saturated carbocycles. The zero-order valence-corrected chi connectivity index (χ0v) is 13.8. The first kappa shape index (κ1) is 19.2. The Morgan fingerprint density at radius 1 is 0.789 bits per heavy atom. The summed E-state index contributed by atoms with van der Waals surface area (Å²) in [5.41, 5.74) is 0. The topological polar surface area (TPSA) is 43.4 Å². The van der Waals surface area contributed by atoms with Crippen molar-refractivity contribution in [3.8, 4) is 0 Å². The summed E-state index contributed by atoms with van der Waals surface area (Å²) in [6, 6.07) is 0. The zero-order chi connectivity index (χ0) is 14.4. The predicted molar refractivity (Wildman–Crippen MR) is 82.3 cm³/mol. The Morgan fingerprint density at radius 2 is 1.26 bits per heavy atom. The van der Waals surface area contributed by atoms with Gasteiger partial charge in [-0.25, -0.2) is 8.42 Å². The molecule has 0 aromatic carbocycles. The lowest BCUT2D eigenvalue weighted by atomic mass is 10.1. The summed E-state index contributed by atoms with van der Waals surface area (Å²) in [7, 11) is 1.83. The lowest BCUT2D eigenvalue weighted by Crippen LogP contribution is -1.99. The van der Waals surface area contributed by atoms with Gasteiger partial charge in [0.15, 0.2) is 0 Å². The van der Waals surface area contributed by atoms with Crippen molar-refractivity contribution in [2.45, 2.75) is 71.1 Å². The van der Waals surface area contributed by atoms with Crippen molar-refractivity contribution in [1.82, 2.24) is 0 Å². The van der Waals surface area contributed by atoms with E-state index in [2.05, 4.69) is 6.92 Å². The molecule has 0 aliphatic carbocycles. The Morgan fingerprint density at radius 3 is 1.79 bits per heavy atom. The van der Waals surface area contributed by atoms with Crippen molar-refractivity contribution in [3.05, 3.63) is 0 Å². The van der Waals surface area contributed by atoms with E-state index < -0.39 is 9.05 Å². The number of ether oxygens (including phenoxy) is 1. The van der Waals surface area contributed by atoms with Crippen molar-refractivity contribution in [2.75, 3.05) is 19.0 Å². The molecule has 0 aliphatic rings. The molecule has 0 aliphatic heterocycles. The molecule has 5 heteroatoms. The van der Waals surface area contributed by atoms with E-state index in [0.717, 1.165) is 38.9 Å².